The molecule has 19 heavy (non-hydrogen) atoms. The normalized spacial score (nSPS) is 10.1. The first kappa shape index (κ1) is 14.1. The zero-order valence-electron chi connectivity index (χ0n) is 10.2. The summed E-state index contributed by atoms with van der Waals surface area (Å²) in [5.74, 6) is 0. The Morgan fingerprint density at radius 3 is 2.58 bits per heavy atom. The van der Waals surface area contributed by atoms with Crippen LogP contribution in [0.2, 0.25) is 10.0 Å². The Bertz CT molecular complexity index is 614. The summed E-state index contributed by atoms with van der Waals surface area (Å²) in [6, 6.07) is 13.1. The molecule has 0 aliphatic heterocycles. The maximum absolute atomic E-state index is 6.06. The van der Waals surface area contributed by atoms with Crippen LogP contribution in [0.25, 0.3) is 0 Å². The van der Waals surface area contributed by atoms with Crippen molar-refractivity contribution >= 4 is 51.9 Å². The fraction of sp³-hybridized carbons (Fsp3) is 0.0714. The average Bonchev–Trinajstić information content (AvgIpc) is 2.34. The van der Waals surface area contributed by atoms with E-state index in [0.29, 0.717) is 20.8 Å². The van der Waals surface area contributed by atoms with Crippen LogP contribution >= 0.6 is 35.4 Å². The van der Waals surface area contributed by atoms with Gasteiger partial charge in [-0.15, -0.1) is 0 Å². The molecule has 98 valence electrons. The summed E-state index contributed by atoms with van der Waals surface area (Å²) in [7, 11) is 0. The molecule has 5 heteroatoms. The van der Waals surface area contributed by atoms with Crippen LogP contribution in [0.5, 0.6) is 0 Å². The van der Waals surface area contributed by atoms with E-state index in [1.807, 2.05) is 31.2 Å². The first-order valence-electron chi connectivity index (χ1n) is 5.64. The number of halogens is 2. The van der Waals surface area contributed by atoms with Crippen molar-refractivity contribution in [3.05, 3.63) is 58.1 Å². The van der Waals surface area contributed by atoms with Crippen molar-refractivity contribution in [1.82, 2.24) is 0 Å². The minimum Gasteiger partial charge on any atom is -0.332 e. The third-order valence-corrected chi connectivity index (χ3v) is 3.22. The molecule has 0 heterocycles. The summed E-state index contributed by atoms with van der Waals surface area (Å²) in [5, 5.41) is 7.76. The molecule has 0 aromatic heterocycles. The number of anilines is 2. The number of thiocarbonyl (C=S) groups is 1. The van der Waals surface area contributed by atoms with E-state index < -0.39 is 0 Å². The van der Waals surface area contributed by atoms with Gasteiger partial charge in [0.2, 0.25) is 0 Å². The first-order valence-corrected chi connectivity index (χ1v) is 6.81. The molecule has 0 aliphatic carbocycles. The van der Waals surface area contributed by atoms with Crippen LogP contribution in [0.3, 0.4) is 0 Å². The van der Waals surface area contributed by atoms with Crippen LogP contribution in [0.1, 0.15) is 5.56 Å². The number of hydrogen-bond acceptors (Lipinski definition) is 1. The van der Waals surface area contributed by atoms with E-state index in [4.69, 9.17) is 35.4 Å². The molecule has 0 saturated heterocycles. The van der Waals surface area contributed by atoms with Crippen LogP contribution in [-0.2, 0) is 0 Å². The van der Waals surface area contributed by atoms with Gasteiger partial charge >= 0.3 is 0 Å². The maximum atomic E-state index is 6.06. The molecular formula is C14H12Cl2N2S. The SMILES string of the molecule is Cc1cccc(NC(=S)Nc2cc(Cl)ccc2Cl)c1. The van der Waals surface area contributed by atoms with Crippen LogP contribution in [-0.4, -0.2) is 5.11 Å². The van der Waals surface area contributed by atoms with Crippen molar-refractivity contribution in [3.63, 3.8) is 0 Å². The van der Waals surface area contributed by atoms with E-state index in [1.165, 1.54) is 0 Å². The lowest BCUT2D eigenvalue weighted by atomic mass is 10.2. The molecule has 0 saturated carbocycles. The molecule has 2 aromatic rings. The van der Waals surface area contributed by atoms with Crippen LogP contribution < -0.4 is 10.6 Å². The summed E-state index contributed by atoms with van der Waals surface area (Å²) in [5.41, 5.74) is 2.77. The van der Waals surface area contributed by atoms with Crippen LogP contribution in [0.15, 0.2) is 42.5 Å². The van der Waals surface area contributed by atoms with Gasteiger partial charge in [0.1, 0.15) is 0 Å². The third kappa shape index (κ3) is 4.10. The first-order chi connectivity index (χ1) is 9.04. The summed E-state index contributed by atoms with van der Waals surface area (Å²) in [6.45, 7) is 2.02. The maximum Gasteiger partial charge on any atom is 0.175 e. The summed E-state index contributed by atoms with van der Waals surface area (Å²) < 4.78 is 0. The van der Waals surface area contributed by atoms with Gasteiger partial charge in [0.15, 0.2) is 5.11 Å². The number of aryl methyl sites for hydroxylation is 1. The topological polar surface area (TPSA) is 24.1 Å². The molecular weight excluding hydrogens is 299 g/mol. The molecule has 0 aliphatic rings. The van der Waals surface area contributed by atoms with E-state index in [0.717, 1.165) is 11.3 Å². The van der Waals surface area contributed by atoms with Gasteiger partial charge in [-0.3, -0.25) is 0 Å². The lowest BCUT2D eigenvalue weighted by Crippen LogP contribution is -2.19. The van der Waals surface area contributed by atoms with Gasteiger partial charge in [-0.1, -0.05) is 35.3 Å². The summed E-state index contributed by atoms with van der Waals surface area (Å²) >= 11 is 17.2. The van der Waals surface area contributed by atoms with Crippen molar-refractivity contribution < 1.29 is 0 Å². The van der Waals surface area contributed by atoms with Gasteiger partial charge < -0.3 is 10.6 Å². The predicted molar refractivity (Wildman–Crippen MR) is 87.5 cm³/mol. The van der Waals surface area contributed by atoms with Gasteiger partial charge in [-0.05, 0) is 55.0 Å². The molecule has 2 aromatic carbocycles. The monoisotopic (exact) mass is 310 g/mol. The Morgan fingerprint density at radius 2 is 1.84 bits per heavy atom. The Morgan fingerprint density at radius 1 is 1.05 bits per heavy atom. The molecule has 0 unspecified atom stereocenters. The van der Waals surface area contributed by atoms with Crippen molar-refractivity contribution in [2.24, 2.45) is 0 Å². The largest absolute Gasteiger partial charge is 0.332 e. The highest BCUT2D eigenvalue weighted by molar-refractivity contribution is 7.80. The predicted octanol–water partition coefficient (Wildman–Crippen LogP) is 5.11. The number of benzene rings is 2. The standard InChI is InChI=1S/C14H12Cl2N2S/c1-9-3-2-4-11(7-9)17-14(19)18-13-8-10(15)5-6-12(13)16/h2-8H,1H3,(H2,17,18,19). The molecule has 0 amide bonds. The fourth-order valence-corrected chi connectivity index (χ4v) is 2.17. The van der Waals surface area contributed by atoms with Gasteiger partial charge in [-0.2, -0.15) is 0 Å². The van der Waals surface area contributed by atoms with Crippen molar-refractivity contribution in [1.29, 1.82) is 0 Å². The number of hydrogen-bond donors (Lipinski definition) is 2. The lowest BCUT2D eigenvalue weighted by molar-refractivity contribution is 1.46. The molecule has 0 atom stereocenters. The average molecular weight is 311 g/mol. The second kappa shape index (κ2) is 6.24. The van der Waals surface area contributed by atoms with E-state index in [2.05, 4.69) is 10.6 Å². The second-order valence-electron chi connectivity index (χ2n) is 4.07. The molecule has 2 N–H and O–H groups in total. The van der Waals surface area contributed by atoms with E-state index in [9.17, 15) is 0 Å². The zero-order chi connectivity index (χ0) is 13.8. The minimum atomic E-state index is 0.467. The Kier molecular flexibility index (Phi) is 4.64. The highest BCUT2D eigenvalue weighted by Crippen LogP contribution is 2.25. The molecule has 0 fully saturated rings. The molecule has 2 nitrogen and oxygen atoms in total. The van der Waals surface area contributed by atoms with Gasteiger partial charge in [0, 0.05) is 10.7 Å². The third-order valence-electron chi connectivity index (χ3n) is 2.45. The molecule has 0 radical (unpaired) electrons. The molecule has 0 spiro atoms. The Labute approximate surface area is 127 Å². The Hall–Kier alpha value is -1.29. The highest BCUT2D eigenvalue weighted by atomic mass is 35.5. The summed E-state index contributed by atoms with van der Waals surface area (Å²) in [6.07, 6.45) is 0. The van der Waals surface area contributed by atoms with Gasteiger partial charge in [-0.25, -0.2) is 0 Å². The molecule has 2 rings (SSSR count). The van der Waals surface area contributed by atoms with Gasteiger partial charge in [0.05, 0.1) is 10.7 Å². The van der Waals surface area contributed by atoms with Crippen LogP contribution in [0, 0.1) is 6.92 Å². The van der Waals surface area contributed by atoms with Crippen molar-refractivity contribution in [2.45, 2.75) is 6.92 Å². The second-order valence-corrected chi connectivity index (χ2v) is 5.32. The summed E-state index contributed by atoms with van der Waals surface area (Å²) in [4.78, 5) is 0. The van der Waals surface area contributed by atoms with E-state index in [-0.39, 0.29) is 0 Å². The van der Waals surface area contributed by atoms with Crippen molar-refractivity contribution in [3.8, 4) is 0 Å². The minimum absolute atomic E-state index is 0.467. The quantitative estimate of drug-likeness (QED) is 0.754. The van der Waals surface area contributed by atoms with E-state index in [1.54, 1.807) is 18.2 Å². The number of rotatable bonds is 2. The fourth-order valence-electron chi connectivity index (χ4n) is 1.60. The van der Waals surface area contributed by atoms with E-state index >= 15 is 0 Å². The number of nitrogens with one attached hydrogen (secondary N) is 2. The zero-order valence-corrected chi connectivity index (χ0v) is 12.5. The Balaban J connectivity index is 2.07. The van der Waals surface area contributed by atoms with Crippen molar-refractivity contribution in [2.75, 3.05) is 10.6 Å². The smallest absolute Gasteiger partial charge is 0.175 e. The van der Waals surface area contributed by atoms with Crippen LogP contribution in [0.4, 0.5) is 11.4 Å². The lowest BCUT2D eigenvalue weighted by Gasteiger charge is -2.12. The van der Waals surface area contributed by atoms with Gasteiger partial charge in [0.25, 0.3) is 0 Å². The highest BCUT2D eigenvalue weighted by Gasteiger charge is 2.04. The molecule has 0 bridgehead atoms.